The van der Waals surface area contributed by atoms with Gasteiger partial charge in [0, 0.05) is 19.6 Å². The lowest BCUT2D eigenvalue weighted by atomic mass is 9.71. The molecule has 17 heteroatoms. The number of aromatic amines is 1. The van der Waals surface area contributed by atoms with Crippen molar-refractivity contribution in [2.45, 2.75) is 36.1 Å². The Balaban J connectivity index is 0.000000277. The smallest absolute Gasteiger partial charge is 0.480 e. The zero-order valence-electron chi connectivity index (χ0n) is 23.6. The van der Waals surface area contributed by atoms with E-state index < -0.39 is 39.7 Å². The number of piperazine rings is 1. The summed E-state index contributed by atoms with van der Waals surface area (Å²) in [5.74, 6) is -0.447. The number of anilines is 1. The van der Waals surface area contributed by atoms with Crippen LogP contribution in [0.2, 0.25) is 0 Å². The highest BCUT2D eigenvalue weighted by molar-refractivity contribution is 7.89. The van der Waals surface area contributed by atoms with Gasteiger partial charge in [0.2, 0.25) is 10.0 Å². The molecule has 0 spiro atoms. The molecule has 0 amide bonds. The second-order valence-electron chi connectivity index (χ2n) is 10.5. The number of fused-ring (bicyclic) bond motifs is 1. The van der Waals surface area contributed by atoms with Crippen molar-refractivity contribution in [3.8, 4) is 5.75 Å². The van der Waals surface area contributed by atoms with E-state index in [4.69, 9.17) is 5.73 Å². The lowest BCUT2D eigenvalue weighted by Gasteiger charge is -2.38. The molecule has 1 saturated heterocycles. The molecule has 0 radical (unpaired) electrons. The van der Waals surface area contributed by atoms with Gasteiger partial charge in [0.25, 0.3) is 5.56 Å². The standard InChI is InChI=1S/C17H14F3N5O6S2.C11H15N/c18-17(19,20)31-9-1-3-10(4-2-9)33(29,30)25-6-5-24(8-12(25)15(27)28)16-22-11-7-21-23-14(26)13(11)32-16;12-8-9-6-11(7-9)10-4-2-1-3-5-10/h1-4,7,12H,5-6,8H2,(H,23,26)(H,27,28);1-5,9,11H,6-8,12H2/t12-;/m1./s1. The first kappa shape index (κ1) is 32.3. The van der Waals surface area contributed by atoms with Crippen molar-refractivity contribution < 1.29 is 36.2 Å². The Morgan fingerprint density at radius 3 is 2.40 bits per heavy atom. The maximum Gasteiger partial charge on any atom is 0.573 e. The fraction of sp³-hybridized carbons (Fsp3) is 0.357. The number of rotatable bonds is 7. The molecular formula is C28H29F3N6O6S2. The fourth-order valence-electron chi connectivity index (χ4n) is 5.21. The van der Waals surface area contributed by atoms with E-state index in [1.54, 1.807) is 4.90 Å². The quantitative estimate of drug-likeness (QED) is 0.266. The zero-order chi connectivity index (χ0) is 32.4. The molecular weight excluding hydrogens is 637 g/mol. The molecule has 2 aliphatic rings. The molecule has 1 atom stereocenters. The van der Waals surface area contributed by atoms with Crippen LogP contribution in [0.4, 0.5) is 18.3 Å². The largest absolute Gasteiger partial charge is 0.573 e. The predicted octanol–water partition coefficient (Wildman–Crippen LogP) is 3.38. The van der Waals surface area contributed by atoms with E-state index in [1.165, 1.54) is 24.6 Å². The monoisotopic (exact) mass is 666 g/mol. The molecule has 1 saturated carbocycles. The van der Waals surface area contributed by atoms with Crippen molar-refractivity contribution in [1.82, 2.24) is 19.5 Å². The summed E-state index contributed by atoms with van der Waals surface area (Å²) in [5, 5.41) is 15.9. The number of nitrogens with one attached hydrogen (secondary N) is 1. The molecule has 1 aliphatic heterocycles. The number of hydrogen-bond acceptors (Lipinski definition) is 10. The third kappa shape index (κ3) is 7.43. The number of benzene rings is 2. The van der Waals surface area contributed by atoms with Crippen molar-refractivity contribution in [3.05, 3.63) is 76.7 Å². The summed E-state index contributed by atoms with van der Waals surface area (Å²) in [6.45, 7) is 0.451. The normalized spacial score (nSPS) is 20.6. The van der Waals surface area contributed by atoms with E-state index in [1.807, 2.05) is 0 Å². The van der Waals surface area contributed by atoms with E-state index >= 15 is 0 Å². The van der Waals surface area contributed by atoms with E-state index in [0.29, 0.717) is 15.3 Å². The van der Waals surface area contributed by atoms with E-state index in [2.05, 4.69) is 50.3 Å². The summed E-state index contributed by atoms with van der Waals surface area (Å²) in [5.41, 5.74) is 6.93. The maximum absolute atomic E-state index is 13.0. The molecule has 1 aliphatic carbocycles. The van der Waals surface area contributed by atoms with Gasteiger partial charge >= 0.3 is 12.3 Å². The molecule has 2 aromatic carbocycles. The molecule has 6 rings (SSSR count). The first-order valence-electron chi connectivity index (χ1n) is 13.8. The number of ether oxygens (including phenoxy) is 1. The third-order valence-electron chi connectivity index (χ3n) is 7.59. The van der Waals surface area contributed by atoms with E-state index in [-0.39, 0.29) is 24.5 Å². The van der Waals surface area contributed by atoms with Crippen molar-refractivity contribution in [2.75, 3.05) is 31.1 Å². The molecule has 45 heavy (non-hydrogen) atoms. The van der Waals surface area contributed by atoms with Gasteiger partial charge in [-0.1, -0.05) is 41.7 Å². The molecule has 4 aromatic rings. The van der Waals surface area contributed by atoms with Crippen molar-refractivity contribution in [3.63, 3.8) is 0 Å². The second kappa shape index (κ2) is 13.1. The molecule has 2 fully saturated rings. The Labute approximate surface area is 259 Å². The number of halogens is 3. The van der Waals surface area contributed by atoms with E-state index in [9.17, 15) is 36.3 Å². The van der Waals surface area contributed by atoms with Crippen LogP contribution in [0.15, 0.2) is 70.5 Å². The molecule has 12 nitrogen and oxygen atoms in total. The van der Waals surface area contributed by atoms with Crippen LogP contribution in [-0.4, -0.2) is 77.6 Å². The molecule has 0 unspecified atom stereocenters. The predicted molar refractivity (Wildman–Crippen MR) is 160 cm³/mol. The fourth-order valence-corrected chi connectivity index (χ4v) is 7.74. The zero-order valence-corrected chi connectivity index (χ0v) is 25.2. The molecule has 240 valence electrons. The number of hydrogen-bond donors (Lipinski definition) is 3. The van der Waals surface area contributed by atoms with Gasteiger partial charge in [-0.25, -0.2) is 18.5 Å². The summed E-state index contributed by atoms with van der Waals surface area (Å²) in [7, 11) is -4.35. The average Bonchev–Trinajstić information content (AvgIpc) is 3.43. The Hall–Kier alpha value is -4.06. The number of carbonyl (C=O) groups is 1. The molecule has 4 N–H and O–H groups in total. The third-order valence-corrected chi connectivity index (χ3v) is 10.6. The van der Waals surface area contributed by atoms with Crippen LogP contribution in [0.1, 0.15) is 24.3 Å². The van der Waals surface area contributed by atoms with Crippen molar-refractivity contribution in [1.29, 1.82) is 0 Å². The minimum Gasteiger partial charge on any atom is -0.480 e. The van der Waals surface area contributed by atoms with Crippen LogP contribution in [0.3, 0.4) is 0 Å². The van der Waals surface area contributed by atoms with Gasteiger partial charge in [-0.3, -0.25) is 9.59 Å². The van der Waals surface area contributed by atoms with Gasteiger partial charge in [0.05, 0.1) is 11.1 Å². The summed E-state index contributed by atoms with van der Waals surface area (Å²) in [4.78, 5) is 29.2. The Morgan fingerprint density at radius 2 is 1.80 bits per heavy atom. The number of alkyl halides is 3. The van der Waals surface area contributed by atoms with Crippen molar-refractivity contribution >= 4 is 42.7 Å². The minimum absolute atomic E-state index is 0.0729. The lowest BCUT2D eigenvalue weighted by molar-refractivity contribution is -0.274. The number of carboxylic acids is 1. The summed E-state index contributed by atoms with van der Waals surface area (Å²) < 4.78 is 67.9. The van der Waals surface area contributed by atoms with Gasteiger partial charge in [-0.05, 0) is 61.1 Å². The van der Waals surface area contributed by atoms with Crippen LogP contribution < -0.4 is 20.9 Å². The van der Waals surface area contributed by atoms with Gasteiger partial charge < -0.3 is 20.5 Å². The second-order valence-corrected chi connectivity index (χ2v) is 13.4. The highest BCUT2D eigenvalue weighted by Gasteiger charge is 2.41. The van der Waals surface area contributed by atoms with Gasteiger partial charge in [0.1, 0.15) is 22.0 Å². The Morgan fingerprint density at radius 1 is 1.11 bits per heavy atom. The lowest BCUT2D eigenvalue weighted by Crippen LogP contribution is -2.58. The molecule has 2 aromatic heterocycles. The van der Waals surface area contributed by atoms with Crippen molar-refractivity contribution in [2.24, 2.45) is 11.7 Å². The first-order chi connectivity index (χ1) is 21.4. The van der Waals surface area contributed by atoms with Crippen LogP contribution in [0, 0.1) is 5.92 Å². The number of sulfonamides is 1. The number of aromatic nitrogens is 3. The van der Waals surface area contributed by atoms with Crippen LogP contribution in [0.5, 0.6) is 5.75 Å². The summed E-state index contributed by atoms with van der Waals surface area (Å²) in [6.07, 6.45) is -1.01. The minimum atomic E-state index is -4.94. The van der Waals surface area contributed by atoms with Gasteiger partial charge in [-0.2, -0.15) is 9.40 Å². The summed E-state index contributed by atoms with van der Waals surface area (Å²) >= 11 is 1.02. The van der Waals surface area contributed by atoms with Crippen LogP contribution in [-0.2, 0) is 14.8 Å². The Kier molecular flexibility index (Phi) is 9.43. The van der Waals surface area contributed by atoms with Crippen LogP contribution in [0.25, 0.3) is 10.2 Å². The topological polar surface area (TPSA) is 172 Å². The van der Waals surface area contributed by atoms with Crippen LogP contribution >= 0.6 is 11.3 Å². The highest BCUT2D eigenvalue weighted by atomic mass is 32.2. The number of carboxylic acid groups (broad SMARTS) is 1. The number of nitrogens with zero attached hydrogens (tertiary/aromatic N) is 4. The molecule has 3 heterocycles. The number of nitrogens with two attached hydrogens (primary N) is 1. The van der Waals surface area contributed by atoms with E-state index in [0.717, 1.165) is 58.3 Å². The van der Waals surface area contributed by atoms with Gasteiger partial charge in [0.15, 0.2) is 5.13 Å². The average molecular weight is 667 g/mol. The number of H-pyrrole nitrogens is 1. The first-order valence-corrected chi connectivity index (χ1v) is 16.1. The maximum atomic E-state index is 13.0. The molecule has 0 bridgehead atoms. The highest BCUT2D eigenvalue weighted by Crippen LogP contribution is 2.40. The van der Waals surface area contributed by atoms with Gasteiger partial charge in [-0.15, -0.1) is 13.2 Å². The number of aliphatic carboxylic acids is 1. The number of thiazole rings is 1. The SMILES string of the molecule is NCC1CC(c2ccccc2)C1.O=C(O)[C@H]1CN(c2nc3cn[nH]c(=O)c3s2)CCN1S(=O)(=O)c1ccc(OC(F)(F)F)cc1. The summed E-state index contributed by atoms with van der Waals surface area (Å²) in [6, 6.07) is 12.7. The Bertz CT molecular complexity index is 1800.